The van der Waals surface area contributed by atoms with Gasteiger partial charge >= 0.3 is 5.97 Å². The number of amides is 5. The smallest absolute Gasteiger partial charge is 0.303 e. The zero-order valence-electron chi connectivity index (χ0n) is 38.4. The van der Waals surface area contributed by atoms with Gasteiger partial charge in [-0.3, -0.25) is 28.8 Å². The van der Waals surface area contributed by atoms with Gasteiger partial charge < -0.3 is 94.4 Å². The van der Waals surface area contributed by atoms with Gasteiger partial charge in [0.05, 0.1) is 152 Å². The monoisotopic (exact) mass is 960 g/mol. The van der Waals surface area contributed by atoms with Gasteiger partial charge in [-0.1, -0.05) is 0 Å². The summed E-state index contributed by atoms with van der Waals surface area (Å²) in [6.07, 6.45) is 0.240. The van der Waals surface area contributed by atoms with Crippen LogP contribution in [0.3, 0.4) is 0 Å². The van der Waals surface area contributed by atoms with E-state index in [2.05, 4.69) is 26.6 Å². The number of aliphatic hydroxyl groups is 3. The molecule has 0 spiro atoms. The molecule has 0 aliphatic heterocycles. The largest absolute Gasteiger partial charge is 0.481 e. The summed E-state index contributed by atoms with van der Waals surface area (Å²) in [5, 5.41) is 48.7. The highest BCUT2D eigenvalue weighted by atomic mass is 16.6. The number of rotatable bonds is 50. The molecule has 25 heteroatoms. The van der Waals surface area contributed by atoms with E-state index < -0.39 is 17.4 Å². The van der Waals surface area contributed by atoms with Crippen molar-refractivity contribution in [1.82, 2.24) is 26.6 Å². The highest BCUT2D eigenvalue weighted by Crippen LogP contribution is 2.11. The average molecular weight is 960 g/mol. The van der Waals surface area contributed by atoms with E-state index in [9.17, 15) is 28.8 Å². The minimum absolute atomic E-state index is 0.0184. The molecule has 0 aromatic heterocycles. The van der Waals surface area contributed by atoms with Crippen LogP contribution in [-0.4, -0.2) is 240 Å². The fourth-order valence-electron chi connectivity index (χ4n) is 5.12. The van der Waals surface area contributed by atoms with Crippen molar-refractivity contribution in [3.63, 3.8) is 0 Å². The second-order valence-corrected chi connectivity index (χ2v) is 14.1. The zero-order chi connectivity index (χ0) is 48.6. The summed E-state index contributed by atoms with van der Waals surface area (Å²) < 4.78 is 55.0. The normalized spacial score (nSPS) is 11.3. The third-order valence-electron chi connectivity index (χ3n) is 8.33. The quantitative estimate of drug-likeness (QED) is 0.0265. The maximum atomic E-state index is 13.3. The number of aliphatic carboxylic acids is 1. The lowest BCUT2D eigenvalue weighted by molar-refractivity contribution is -0.137. The lowest BCUT2D eigenvalue weighted by Gasteiger charge is -2.34. The van der Waals surface area contributed by atoms with Gasteiger partial charge in [-0.05, 0) is 6.42 Å². The van der Waals surface area contributed by atoms with Crippen molar-refractivity contribution in [3.05, 3.63) is 0 Å². The van der Waals surface area contributed by atoms with E-state index in [1.807, 2.05) is 0 Å². The fourth-order valence-corrected chi connectivity index (χ4v) is 5.12. The second kappa shape index (κ2) is 46.4. The summed E-state index contributed by atoms with van der Waals surface area (Å²) >= 11 is 0. The Morgan fingerprint density at radius 3 is 0.970 bits per heavy atom. The first-order valence-corrected chi connectivity index (χ1v) is 22.3. The molecule has 66 heavy (non-hydrogen) atoms. The number of hydrogen-bond donors (Lipinski definition) is 9. The number of carbonyl (C=O) groups excluding carboxylic acids is 5. The van der Waals surface area contributed by atoms with Gasteiger partial charge in [-0.2, -0.15) is 0 Å². The highest BCUT2D eigenvalue weighted by Gasteiger charge is 2.34. The molecule has 0 aromatic carbocycles. The maximum Gasteiger partial charge on any atom is 0.303 e. The predicted molar refractivity (Wildman–Crippen MR) is 232 cm³/mol. The van der Waals surface area contributed by atoms with Crippen molar-refractivity contribution in [2.75, 3.05) is 178 Å². The van der Waals surface area contributed by atoms with Crippen LogP contribution in [0.1, 0.15) is 44.9 Å². The number of ether oxygens (including phenoxy) is 10. The zero-order valence-corrected chi connectivity index (χ0v) is 38.4. The van der Waals surface area contributed by atoms with Crippen LogP contribution in [0.25, 0.3) is 0 Å². The minimum atomic E-state index is -1.33. The minimum Gasteiger partial charge on any atom is -0.481 e. The first-order chi connectivity index (χ1) is 32.1. The molecule has 9 N–H and O–H groups in total. The molecule has 0 radical (unpaired) electrons. The third kappa shape index (κ3) is 42.9. The highest BCUT2D eigenvalue weighted by molar-refractivity contribution is 5.78. The van der Waals surface area contributed by atoms with E-state index in [-0.39, 0.29) is 214 Å². The Labute approximate surface area is 386 Å². The number of carboxylic acids is 1. The van der Waals surface area contributed by atoms with Crippen LogP contribution >= 0.6 is 0 Å². The van der Waals surface area contributed by atoms with Gasteiger partial charge in [0.15, 0.2) is 0 Å². The standard InChI is InChI=1S/C41H77N5O20/c47-12-23-58-19-8-43-36(51)4-16-64-32-41(33-65-17-5-37(52)44-9-20-59-24-13-48,34-66-18-6-38(53)45-10-21-60-25-14-49)46-39(54)7-15-57-26-28-62-30-31-63-29-27-61-22-11-42-35(50)2-1-3-40(55)56/h47-49H,1-34H2,(H,42,50)(H,43,51)(H,44,52)(H,45,53)(H,46,54)(H,55,56). The van der Waals surface area contributed by atoms with E-state index >= 15 is 0 Å². The summed E-state index contributed by atoms with van der Waals surface area (Å²) in [6.45, 7) is 3.09. The van der Waals surface area contributed by atoms with Gasteiger partial charge in [-0.25, -0.2) is 0 Å². The SMILES string of the molecule is O=C(O)CCCC(=O)NCCOCCOCCOCCOCCC(=O)NC(COCCC(=O)NCCOCCO)(COCCC(=O)NCCOCCO)COCCC(=O)NCCOCCO. The Morgan fingerprint density at radius 2 is 0.621 bits per heavy atom. The summed E-state index contributed by atoms with van der Waals surface area (Å²) in [5.74, 6) is -2.55. The molecule has 0 saturated heterocycles. The maximum absolute atomic E-state index is 13.3. The lowest BCUT2D eigenvalue weighted by atomic mass is 10.0. The van der Waals surface area contributed by atoms with Gasteiger partial charge in [-0.15, -0.1) is 0 Å². The van der Waals surface area contributed by atoms with Crippen LogP contribution in [0.15, 0.2) is 0 Å². The van der Waals surface area contributed by atoms with Crippen LogP contribution in [0.4, 0.5) is 0 Å². The van der Waals surface area contributed by atoms with E-state index in [0.717, 1.165) is 0 Å². The molecule has 0 aliphatic rings. The van der Waals surface area contributed by atoms with Crippen molar-refractivity contribution in [2.45, 2.75) is 50.5 Å². The topological polar surface area (TPSA) is 336 Å². The Kier molecular flexibility index (Phi) is 43.8. The van der Waals surface area contributed by atoms with Gasteiger partial charge in [0.2, 0.25) is 29.5 Å². The lowest BCUT2D eigenvalue weighted by Crippen LogP contribution is -2.59. The van der Waals surface area contributed by atoms with Crippen molar-refractivity contribution in [2.24, 2.45) is 0 Å². The first-order valence-electron chi connectivity index (χ1n) is 22.3. The summed E-state index contributed by atoms with van der Waals surface area (Å²) in [7, 11) is 0. The van der Waals surface area contributed by atoms with Crippen molar-refractivity contribution >= 4 is 35.5 Å². The summed E-state index contributed by atoms with van der Waals surface area (Å²) in [6, 6.07) is 0. The molecule has 0 fully saturated rings. The molecule has 0 atom stereocenters. The molecule has 386 valence electrons. The summed E-state index contributed by atoms with van der Waals surface area (Å²) in [5.41, 5.74) is -1.33. The van der Waals surface area contributed by atoms with Crippen molar-refractivity contribution < 1.29 is 96.6 Å². The van der Waals surface area contributed by atoms with Gasteiger partial charge in [0.25, 0.3) is 0 Å². The number of carbonyl (C=O) groups is 6. The molecule has 0 aromatic rings. The fraction of sp³-hybridized carbons (Fsp3) is 0.854. The first kappa shape index (κ1) is 62.3. The molecular formula is C41H77N5O20. The molecular weight excluding hydrogens is 882 g/mol. The van der Waals surface area contributed by atoms with E-state index in [1.165, 1.54) is 0 Å². The Bertz CT molecular complexity index is 1160. The third-order valence-corrected chi connectivity index (χ3v) is 8.33. The van der Waals surface area contributed by atoms with E-state index in [4.69, 9.17) is 67.8 Å². The average Bonchev–Trinajstić information content (AvgIpc) is 3.29. The molecule has 0 aliphatic carbocycles. The van der Waals surface area contributed by atoms with Crippen molar-refractivity contribution in [3.8, 4) is 0 Å². The van der Waals surface area contributed by atoms with E-state index in [1.54, 1.807) is 0 Å². The molecule has 0 unspecified atom stereocenters. The molecule has 25 nitrogen and oxygen atoms in total. The molecule has 0 saturated carbocycles. The van der Waals surface area contributed by atoms with Crippen LogP contribution in [0.2, 0.25) is 0 Å². The Balaban J connectivity index is 5.07. The van der Waals surface area contributed by atoms with Gasteiger partial charge in [0, 0.05) is 64.7 Å². The van der Waals surface area contributed by atoms with Crippen LogP contribution < -0.4 is 26.6 Å². The van der Waals surface area contributed by atoms with Crippen LogP contribution in [0, 0.1) is 0 Å². The molecule has 0 bridgehead atoms. The molecule has 0 rings (SSSR count). The Hall–Kier alpha value is -3.70. The van der Waals surface area contributed by atoms with E-state index in [0.29, 0.717) is 33.0 Å². The Morgan fingerprint density at radius 1 is 0.333 bits per heavy atom. The van der Waals surface area contributed by atoms with Crippen LogP contribution in [0.5, 0.6) is 0 Å². The number of aliphatic hydroxyl groups excluding tert-OH is 3. The number of hydrogen-bond acceptors (Lipinski definition) is 19. The van der Waals surface area contributed by atoms with Crippen molar-refractivity contribution in [1.29, 1.82) is 0 Å². The number of nitrogens with one attached hydrogen (secondary N) is 5. The molecule has 0 heterocycles. The van der Waals surface area contributed by atoms with Gasteiger partial charge in [0.1, 0.15) is 5.54 Å². The number of carboxylic acid groups (broad SMARTS) is 1. The summed E-state index contributed by atoms with van der Waals surface area (Å²) in [4.78, 5) is 72.6. The molecule has 5 amide bonds. The predicted octanol–water partition coefficient (Wildman–Crippen LogP) is -3.74. The van der Waals surface area contributed by atoms with Crippen LogP contribution in [-0.2, 0) is 76.1 Å². The second-order valence-electron chi connectivity index (χ2n) is 14.1.